The number of carbonyl (C=O) groups is 1. The number of pyridine rings is 1. The van der Waals surface area contributed by atoms with Gasteiger partial charge in [-0.05, 0) is 48.0 Å². The average Bonchev–Trinajstić information content (AvgIpc) is 3.11. The third-order valence-electron chi connectivity index (χ3n) is 4.88. The maximum Gasteiger partial charge on any atom is 0.350 e. The fourth-order valence-corrected chi connectivity index (χ4v) is 4.28. The molecule has 4 rings (SSSR count). The van der Waals surface area contributed by atoms with Gasteiger partial charge >= 0.3 is 5.69 Å². The molecule has 12 heteroatoms. The number of amides is 1. The van der Waals surface area contributed by atoms with Crippen molar-refractivity contribution in [3.05, 3.63) is 94.5 Å². The van der Waals surface area contributed by atoms with Gasteiger partial charge in [-0.1, -0.05) is 18.2 Å². The Morgan fingerprint density at radius 3 is 2.59 bits per heavy atom. The van der Waals surface area contributed by atoms with Gasteiger partial charge in [-0.15, -0.1) is 5.10 Å². The summed E-state index contributed by atoms with van der Waals surface area (Å²) in [5.41, 5.74) is 1.41. The summed E-state index contributed by atoms with van der Waals surface area (Å²) in [4.78, 5) is 24.2. The summed E-state index contributed by atoms with van der Waals surface area (Å²) in [6.45, 7) is -0.0538. The smallest absolute Gasteiger partial charge is 0.326 e. The van der Waals surface area contributed by atoms with E-state index < -0.39 is 32.5 Å². The second-order valence-corrected chi connectivity index (χ2v) is 9.11. The van der Waals surface area contributed by atoms with E-state index >= 15 is 0 Å². The van der Waals surface area contributed by atoms with Crippen molar-refractivity contribution in [2.45, 2.75) is 17.9 Å². The number of hydrogen-bond donors (Lipinski definition) is 2. The molecule has 9 nitrogen and oxygen atoms in total. The second kappa shape index (κ2) is 9.53. The number of nitrogens with zero attached hydrogens (tertiary/aromatic N) is 3. The number of benzene rings is 2. The molecular formula is C22H19F2N5O4S. The predicted molar refractivity (Wildman–Crippen MR) is 120 cm³/mol. The fraction of sp³-hybridized carbons (Fsp3) is 0.136. The molecule has 34 heavy (non-hydrogen) atoms. The summed E-state index contributed by atoms with van der Waals surface area (Å²) in [6, 6.07) is 14.3. The summed E-state index contributed by atoms with van der Waals surface area (Å²) in [5, 5.41) is 6.92. The Morgan fingerprint density at radius 1 is 1.00 bits per heavy atom. The van der Waals surface area contributed by atoms with Crippen molar-refractivity contribution in [3.8, 4) is 0 Å². The molecule has 2 aromatic carbocycles. The Labute approximate surface area is 192 Å². The molecule has 2 N–H and O–H groups in total. The highest BCUT2D eigenvalue weighted by Gasteiger charge is 2.17. The highest BCUT2D eigenvalue weighted by atomic mass is 32.2. The zero-order chi connectivity index (χ0) is 24.3. The van der Waals surface area contributed by atoms with E-state index in [1.807, 2.05) is 0 Å². The van der Waals surface area contributed by atoms with Gasteiger partial charge in [0.15, 0.2) is 17.3 Å². The Morgan fingerprint density at radius 2 is 1.82 bits per heavy atom. The number of aromatic nitrogens is 3. The molecule has 0 saturated heterocycles. The minimum absolute atomic E-state index is 0.193. The van der Waals surface area contributed by atoms with Crippen molar-refractivity contribution in [3.63, 3.8) is 0 Å². The number of rotatable bonds is 8. The molecule has 0 unspecified atom stereocenters. The Balaban J connectivity index is 1.35. The van der Waals surface area contributed by atoms with Gasteiger partial charge < -0.3 is 5.32 Å². The molecule has 1 amide bonds. The van der Waals surface area contributed by atoms with Crippen LogP contribution in [0.15, 0.2) is 76.6 Å². The predicted octanol–water partition coefficient (Wildman–Crippen LogP) is 2.13. The van der Waals surface area contributed by atoms with Gasteiger partial charge in [0.1, 0.15) is 0 Å². The van der Waals surface area contributed by atoms with Crippen LogP contribution in [0.2, 0.25) is 0 Å². The topological polar surface area (TPSA) is 115 Å². The van der Waals surface area contributed by atoms with E-state index in [0.717, 1.165) is 11.6 Å². The highest BCUT2D eigenvalue weighted by Crippen LogP contribution is 2.14. The van der Waals surface area contributed by atoms with Gasteiger partial charge in [0.25, 0.3) is 0 Å². The maximum absolute atomic E-state index is 13.3. The minimum Gasteiger partial charge on any atom is -0.326 e. The third kappa shape index (κ3) is 5.18. The molecule has 0 spiro atoms. The van der Waals surface area contributed by atoms with Gasteiger partial charge in [-0.3, -0.25) is 9.20 Å². The van der Waals surface area contributed by atoms with Crippen molar-refractivity contribution >= 4 is 27.3 Å². The average molecular weight is 487 g/mol. The number of fused-ring (bicyclic) bond motifs is 1. The van der Waals surface area contributed by atoms with Crippen LogP contribution < -0.4 is 15.7 Å². The quantitative estimate of drug-likeness (QED) is 0.395. The van der Waals surface area contributed by atoms with Crippen LogP contribution >= 0.6 is 0 Å². The maximum atomic E-state index is 13.3. The van der Waals surface area contributed by atoms with E-state index in [1.54, 1.807) is 48.7 Å². The SMILES string of the molecule is O=C(CCNS(=O)(=O)c1ccc(F)c(F)c1)Nc1cccc(Cn2nc3ccccn3c2=O)c1. The molecule has 0 fully saturated rings. The van der Waals surface area contributed by atoms with Crippen LogP contribution in [-0.2, 0) is 21.4 Å². The lowest BCUT2D eigenvalue weighted by molar-refractivity contribution is -0.116. The van der Waals surface area contributed by atoms with Gasteiger partial charge in [0.2, 0.25) is 15.9 Å². The number of hydrogen-bond acceptors (Lipinski definition) is 5. The van der Waals surface area contributed by atoms with Crippen LogP contribution in [0.5, 0.6) is 0 Å². The zero-order valence-electron chi connectivity index (χ0n) is 17.6. The first kappa shape index (κ1) is 23.3. The number of anilines is 1. The van der Waals surface area contributed by atoms with Crippen LogP contribution in [0.3, 0.4) is 0 Å². The molecule has 0 aliphatic carbocycles. The molecule has 0 radical (unpaired) electrons. The molecule has 0 aliphatic heterocycles. The monoisotopic (exact) mass is 487 g/mol. The summed E-state index contributed by atoms with van der Waals surface area (Å²) >= 11 is 0. The molecule has 0 aliphatic rings. The van der Waals surface area contributed by atoms with Crippen molar-refractivity contribution in [1.29, 1.82) is 0 Å². The Kier molecular flexibility index (Phi) is 6.52. The van der Waals surface area contributed by atoms with E-state index in [9.17, 15) is 26.8 Å². The van der Waals surface area contributed by atoms with E-state index in [4.69, 9.17) is 0 Å². The fourth-order valence-electron chi connectivity index (χ4n) is 3.24. The normalized spacial score (nSPS) is 11.6. The van der Waals surface area contributed by atoms with Gasteiger partial charge in [-0.25, -0.2) is 31.4 Å². The van der Waals surface area contributed by atoms with Gasteiger partial charge in [0, 0.05) is 24.8 Å². The number of carbonyl (C=O) groups excluding carboxylic acids is 1. The van der Waals surface area contributed by atoms with E-state index in [2.05, 4.69) is 15.1 Å². The number of sulfonamides is 1. The van der Waals surface area contributed by atoms with Crippen molar-refractivity contribution in [2.24, 2.45) is 0 Å². The highest BCUT2D eigenvalue weighted by molar-refractivity contribution is 7.89. The van der Waals surface area contributed by atoms with Crippen LogP contribution in [0, 0.1) is 11.6 Å². The zero-order valence-corrected chi connectivity index (χ0v) is 18.4. The molecule has 0 bridgehead atoms. The molecule has 0 atom stereocenters. The van der Waals surface area contributed by atoms with Crippen molar-refractivity contribution in [1.82, 2.24) is 18.9 Å². The number of halogens is 2. The van der Waals surface area contributed by atoms with Crippen LogP contribution in [0.25, 0.3) is 5.65 Å². The number of nitrogens with one attached hydrogen (secondary N) is 2. The standard InChI is InChI=1S/C22H19F2N5O4S/c23-18-8-7-17(13-19(18)24)34(32,33)25-10-9-21(30)26-16-5-3-4-15(12-16)14-29-22(31)28-11-2-1-6-20(28)27-29/h1-8,11-13,25H,9-10,14H2,(H,26,30). The molecule has 2 heterocycles. The summed E-state index contributed by atoms with van der Waals surface area (Å²) in [6.07, 6.45) is 1.43. The van der Waals surface area contributed by atoms with Crippen LogP contribution in [0.4, 0.5) is 14.5 Å². The molecule has 4 aromatic rings. The minimum atomic E-state index is -4.10. The summed E-state index contributed by atoms with van der Waals surface area (Å²) in [5.74, 6) is -2.91. The lowest BCUT2D eigenvalue weighted by Crippen LogP contribution is -2.28. The Bertz CT molecular complexity index is 1530. The first-order chi connectivity index (χ1) is 16.2. The third-order valence-corrected chi connectivity index (χ3v) is 6.34. The van der Waals surface area contributed by atoms with E-state index in [0.29, 0.717) is 23.5 Å². The van der Waals surface area contributed by atoms with Crippen molar-refractivity contribution in [2.75, 3.05) is 11.9 Å². The molecule has 176 valence electrons. The molecular weight excluding hydrogens is 468 g/mol. The lowest BCUT2D eigenvalue weighted by Gasteiger charge is -2.09. The first-order valence-electron chi connectivity index (χ1n) is 10.1. The second-order valence-electron chi connectivity index (χ2n) is 7.34. The van der Waals surface area contributed by atoms with Crippen LogP contribution in [0.1, 0.15) is 12.0 Å². The largest absolute Gasteiger partial charge is 0.350 e. The van der Waals surface area contributed by atoms with Gasteiger partial charge in [-0.2, -0.15) is 0 Å². The molecule has 2 aromatic heterocycles. The van der Waals surface area contributed by atoms with E-state index in [-0.39, 0.29) is 25.2 Å². The summed E-state index contributed by atoms with van der Waals surface area (Å²) < 4.78 is 55.6. The first-order valence-corrected chi connectivity index (χ1v) is 11.6. The lowest BCUT2D eigenvalue weighted by atomic mass is 10.2. The Hall–Kier alpha value is -3.90. The summed E-state index contributed by atoms with van der Waals surface area (Å²) in [7, 11) is -4.10. The van der Waals surface area contributed by atoms with E-state index in [1.165, 1.54) is 9.08 Å². The van der Waals surface area contributed by atoms with Crippen molar-refractivity contribution < 1.29 is 22.0 Å². The van der Waals surface area contributed by atoms with Gasteiger partial charge in [0.05, 0.1) is 11.4 Å². The molecule has 0 saturated carbocycles. The van der Waals surface area contributed by atoms with Crippen LogP contribution in [-0.4, -0.2) is 35.1 Å².